The number of fused-ring (bicyclic) bond motifs is 1. The highest BCUT2D eigenvalue weighted by Gasteiger charge is 2.36. The van der Waals surface area contributed by atoms with Gasteiger partial charge in [-0.1, -0.05) is 42.5 Å². The second-order valence-corrected chi connectivity index (χ2v) is 5.04. The lowest BCUT2D eigenvalue weighted by atomic mass is 9.93. The zero-order valence-electron chi connectivity index (χ0n) is 11.0. The van der Waals surface area contributed by atoms with E-state index in [4.69, 9.17) is 0 Å². The van der Waals surface area contributed by atoms with Gasteiger partial charge in [0.2, 0.25) is 0 Å². The lowest BCUT2D eigenvalue weighted by molar-refractivity contribution is -0.0918. The Morgan fingerprint density at radius 2 is 1.65 bits per heavy atom. The second kappa shape index (κ2) is 4.51. The van der Waals surface area contributed by atoms with E-state index >= 15 is 0 Å². The molecule has 1 aliphatic carbocycles. The van der Waals surface area contributed by atoms with E-state index in [1.165, 1.54) is 6.08 Å². The first-order valence-electron chi connectivity index (χ1n) is 6.42. The van der Waals surface area contributed by atoms with E-state index in [9.17, 15) is 13.2 Å². The maximum absolute atomic E-state index is 12.9. The Hall–Kier alpha value is -2.03. The van der Waals surface area contributed by atoms with Gasteiger partial charge in [0.15, 0.2) is 0 Å². The van der Waals surface area contributed by atoms with E-state index in [2.05, 4.69) is 0 Å². The fraction of sp³-hybridized carbons (Fsp3) is 0.176. The number of hydrogen-bond acceptors (Lipinski definition) is 0. The van der Waals surface area contributed by atoms with Gasteiger partial charge in [0.1, 0.15) is 0 Å². The Morgan fingerprint density at radius 3 is 2.30 bits per heavy atom. The van der Waals surface area contributed by atoms with Gasteiger partial charge in [-0.25, -0.2) is 0 Å². The number of benzene rings is 2. The first-order valence-corrected chi connectivity index (χ1v) is 6.42. The van der Waals surface area contributed by atoms with Crippen LogP contribution in [-0.2, 0) is 6.42 Å². The van der Waals surface area contributed by atoms with Crippen molar-refractivity contribution in [1.29, 1.82) is 0 Å². The lowest BCUT2D eigenvalue weighted by Gasteiger charge is -2.11. The molecular formula is C17H13F3. The molecule has 0 aromatic heterocycles. The van der Waals surface area contributed by atoms with Gasteiger partial charge in [0.05, 0.1) is 0 Å². The van der Waals surface area contributed by atoms with Crippen molar-refractivity contribution in [2.45, 2.75) is 19.5 Å². The van der Waals surface area contributed by atoms with Crippen LogP contribution in [0, 0.1) is 6.92 Å². The number of rotatable bonds is 1. The van der Waals surface area contributed by atoms with E-state index < -0.39 is 11.7 Å². The summed E-state index contributed by atoms with van der Waals surface area (Å²) in [7, 11) is 0. The van der Waals surface area contributed by atoms with E-state index in [0.29, 0.717) is 5.56 Å². The van der Waals surface area contributed by atoms with Crippen molar-refractivity contribution in [1.82, 2.24) is 0 Å². The third kappa shape index (κ3) is 2.13. The van der Waals surface area contributed by atoms with Crippen LogP contribution in [0.3, 0.4) is 0 Å². The van der Waals surface area contributed by atoms with Crippen LogP contribution in [0.4, 0.5) is 13.2 Å². The Morgan fingerprint density at radius 1 is 0.950 bits per heavy atom. The predicted octanol–water partition coefficient (Wildman–Crippen LogP) is 5.16. The molecule has 0 bridgehead atoms. The highest BCUT2D eigenvalue weighted by Crippen LogP contribution is 2.41. The minimum atomic E-state index is -4.25. The first-order chi connectivity index (χ1) is 9.47. The van der Waals surface area contributed by atoms with Gasteiger partial charge in [-0.2, -0.15) is 13.2 Å². The number of alkyl halides is 3. The molecule has 2 aromatic carbocycles. The predicted molar refractivity (Wildman–Crippen MR) is 74.4 cm³/mol. The monoisotopic (exact) mass is 274 g/mol. The molecule has 0 saturated carbocycles. The topological polar surface area (TPSA) is 0 Å². The van der Waals surface area contributed by atoms with Crippen LogP contribution < -0.4 is 0 Å². The molecule has 3 heteroatoms. The van der Waals surface area contributed by atoms with Gasteiger partial charge in [0.25, 0.3) is 0 Å². The second-order valence-electron chi connectivity index (χ2n) is 5.04. The summed E-state index contributed by atoms with van der Waals surface area (Å²) in [4.78, 5) is 0. The van der Waals surface area contributed by atoms with Crippen LogP contribution >= 0.6 is 0 Å². The first kappa shape index (κ1) is 13.0. The highest BCUT2D eigenvalue weighted by molar-refractivity contribution is 5.83. The average Bonchev–Trinajstić information content (AvgIpc) is 2.83. The maximum Gasteiger partial charge on any atom is 0.413 e. The van der Waals surface area contributed by atoms with Crippen molar-refractivity contribution < 1.29 is 13.2 Å². The molecule has 102 valence electrons. The fourth-order valence-corrected chi connectivity index (χ4v) is 2.69. The third-order valence-electron chi connectivity index (χ3n) is 3.67. The summed E-state index contributed by atoms with van der Waals surface area (Å²) in [6.45, 7) is 1.93. The average molecular weight is 274 g/mol. The summed E-state index contributed by atoms with van der Waals surface area (Å²) in [6.07, 6.45) is -2.98. The Kier molecular flexibility index (Phi) is 2.93. The normalized spacial score (nSPS) is 14.1. The van der Waals surface area contributed by atoms with Gasteiger partial charge in [-0.05, 0) is 40.8 Å². The van der Waals surface area contributed by atoms with Crippen molar-refractivity contribution in [3.8, 4) is 11.1 Å². The van der Waals surface area contributed by atoms with E-state index in [1.807, 2.05) is 43.3 Å². The molecule has 0 heterocycles. The largest absolute Gasteiger partial charge is 0.413 e. The van der Waals surface area contributed by atoms with Crippen molar-refractivity contribution in [2.75, 3.05) is 0 Å². The molecule has 0 N–H and O–H groups in total. The molecule has 2 aromatic rings. The zero-order valence-corrected chi connectivity index (χ0v) is 11.0. The molecule has 0 amide bonds. The van der Waals surface area contributed by atoms with Crippen LogP contribution in [0.25, 0.3) is 17.2 Å². The molecule has 0 saturated heterocycles. The standard InChI is InChI=1S/C17H13F3/c1-11-7-8-13-9-14(17(18,19)20)10-15(13)16(11)12-5-3-2-4-6-12/h2-8,10H,9H2,1H3. The molecule has 0 nitrogen and oxygen atoms in total. The van der Waals surface area contributed by atoms with Crippen LogP contribution in [-0.4, -0.2) is 6.18 Å². The van der Waals surface area contributed by atoms with Crippen molar-refractivity contribution >= 4 is 6.08 Å². The summed E-state index contributed by atoms with van der Waals surface area (Å²) in [5.41, 5.74) is 3.86. The van der Waals surface area contributed by atoms with Crippen molar-refractivity contribution in [3.63, 3.8) is 0 Å². The Balaban J connectivity index is 2.19. The molecule has 1 aliphatic rings. The summed E-state index contributed by atoms with van der Waals surface area (Å²) in [6, 6.07) is 13.3. The van der Waals surface area contributed by atoms with E-state index in [1.54, 1.807) is 6.07 Å². The van der Waals surface area contributed by atoms with Gasteiger partial charge in [-0.15, -0.1) is 0 Å². The number of halogens is 3. The molecule has 0 radical (unpaired) electrons. The summed E-state index contributed by atoms with van der Waals surface area (Å²) in [5.74, 6) is 0. The fourth-order valence-electron chi connectivity index (χ4n) is 2.69. The lowest BCUT2D eigenvalue weighted by Crippen LogP contribution is -2.11. The molecular weight excluding hydrogens is 261 g/mol. The quantitative estimate of drug-likeness (QED) is 0.673. The molecule has 20 heavy (non-hydrogen) atoms. The molecule has 0 spiro atoms. The minimum Gasteiger partial charge on any atom is -0.166 e. The SMILES string of the molecule is Cc1ccc2c(c1-c1ccccc1)C=C(C(F)(F)F)C2. The number of hydrogen-bond donors (Lipinski definition) is 0. The van der Waals surface area contributed by atoms with Crippen LogP contribution in [0.2, 0.25) is 0 Å². The van der Waals surface area contributed by atoms with E-state index in [-0.39, 0.29) is 6.42 Å². The minimum absolute atomic E-state index is 0.0288. The number of aryl methyl sites for hydroxylation is 1. The molecule has 0 unspecified atom stereocenters. The van der Waals surface area contributed by atoms with Gasteiger partial charge in [-0.3, -0.25) is 0 Å². The summed E-state index contributed by atoms with van der Waals surface area (Å²) < 4.78 is 38.7. The number of allylic oxidation sites excluding steroid dienone is 1. The van der Waals surface area contributed by atoms with Crippen molar-refractivity contribution in [2.24, 2.45) is 0 Å². The summed E-state index contributed by atoms with van der Waals surface area (Å²) in [5, 5.41) is 0. The molecule has 3 rings (SSSR count). The van der Waals surface area contributed by atoms with Crippen LogP contribution in [0.1, 0.15) is 16.7 Å². The van der Waals surface area contributed by atoms with Crippen LogP contribution in [0.5, 0.6) is 0 Å². The Labute approximate surface area is 115 Å². The third-order valence-corrected chi connectivity index (χ3v) is 3.67. The molecule has 0 fully saturated rings. The summed E-state index contributed by atoms with van der Waals surface area (Å²) >= 11 is 0. The van der Waals surface area contributed by atoms with Gasteiger partial charge in [0, 0.05) is 12.0 Å². The highest BCUT2D eigenvalue weighted by atomic mass is 19.4. The van der Waals surface area contributed by atoms with Crippen molar-refractivity contribution in [3.05, 3.63) is 64.7 Å². The molecule has 0 atom stereocenters. The molecule has 0 aliphatic heterocycles. The maximum atomic E-state index is 12.9. The zero-order chi connectivity index (χ0) is 14.3. The van der Waals surface area contributed by atoms with Crippen LogP contribution in [0.15, 0.2) is 48.0 Å². The van der Waals surface area contributed by atoms with E-state index in [0.717, 1.165) is 22.3 Å². The Bertz CT molecular complexity index is 679. The van der Waals surface area contributed by atoms with Gasteiger partial charge >= 0.3 is 6.18 Å². The van der Waals surface area contributed by atoms with Gasteiger partial charge < -0.3 is 0 Å². The smallest absolute Gasteiger partial charge is 0.166 e.